The van der Waals surface area contributed by atoms with Gasteiger partial charge in [0.25, 0.3) is 5.91 Å². The van der Waals surface area contributed by atoms with E-state index in [9.17, 15) is 9.59 Å². The third-order valence-electron chi connectivity index (χ3n) is 3.22. The second-order valence-electron chi connectivity index (χ2n) is 4.57. The number of nitrogens with one attached hydrogen (secondary N) is 1. The summed E-state index contributed by atoms with van der Waals surface area (Å²) in [5, 5.41) is 2.78. The molecule has 0 bridgehead atoms. The van der Waals surface area contributed by atoms with E-state index in [2.05, 4.69) is 10.1 Å². The van der Waals surface area contributed by atoms with Gasteiger partial charge in [-0.1, -0.05) is 0 Å². The molecule has 1 fully saturated rings. The number of hydrogen-bond donors (Lipinski definition) is 1. The highest BCUT2D eigenvalue weighted by atomic mass is 16.5. The van der Waals surface area contributed by atoms with Crippen molar-refractivity contribution < 1.29 is 19.1 Å². The third kappa shape index (κ3) is 1.81. The number of methoxy groups -OCH3 is 1. The molecule has 0 aromatic heterocycles. The molecule has 1 aromatic rings. The summed E-state index contributed by atoms with van der Waals surface area (Å²) in [5.74, 6) is 0.376. The van der Waals surface area contributed by atoms with Crippen molar-refractivity contribution in [3.05, 3.63) is 23.8 Å². The molecule has 1 unspecified atom stereocenters. The molecular weight excluding hydrogens is 234 g/mol. The fraction of sp³-hybridized carbons (Fsp3) is 0.385. The fourth-order valence-electron chi connectivity index (χ4n) is 2.08. The monoisotopic (exact) mass is 247 g/mol. The van der Waals surface area contributed by atoms with Crippen LogP contribution in [0.4, 0.5) is 5.69 Å². The molecule has 5 nitrogen and oxygen atoms in total. The summed E-state index contributed by atoms with van der Waals surface area (Å²) in [7, 11) is 1.32. The van der Waals surface area contributed by atoms with Crippen molar-refractivity contribution in [2.75, 3.05) is 12.4 Å². The van der Waals surface area contributed by atoms with Gasteiger partial charge in [0.2, 0.25) is 0 Å². The van der Waals surface area contributed by atoms with Crippen molar-refractivity contribution in [3.63, 3.8) is 0 Å². The van der Waals surface area contributed by atoms with E-state index in [0.717, 1.165) is 12.8 Å². The number of fused-ring (bicyclic) bond motifs is 1. The summed E-state index contributed by atoms with van der Waals surface area (Å²) in [5.41, 5.74) is 0.921. The zero-order valence-electron chi connectivity index (χ0n) is 9.93. The van der Waals surface area contributed by atoms with Crippen LogP contribution in [0.15, 0.2) is 18.2 Å². The Morgan fingerprint density at radius 1 is 1.44 bits per heavy atom. The smallest absolute Gasteiger partial charge is 0.337 e. The van der Waals surface area contributed by atoms with Gasteiger partial charge in [0, 0.05) is 5.92 Å². The van der Waals surface area contributed by atoms with Crippen LogP contribution in [0.25, 0.3) is 0 Å². The second kappa shape index (κ2) is 4.01. The number of carbonyl (C=O) groups excluding carboxylic acids is 2. The molecule has 3 rings (SSSR count). The number of anilines is 1. The van der Waals surface area contributed by atoms with Gasteiger partial charge in [0.05, 0.1) is 18.4 Å². The van der Waals surface area contributed by atoms with Crippen molar-refractivity contribution >= 4 is 17.6 Å². The lowest BCUT2D eigenvalue weighted by Gasteiger charge is -2.26. The Bertz CT molecular complexity index is 522. The fourth-order valence-corrected chi connectivity index (χ4v) is 2.08. The number of benzene rings is 1. The average Bonchev–Trinajstić information content (AvgIpc) is 3.20. The summed E-state index contributed by atoms with van der Waals surface area (Å²) >= 11 is 0. The van der Waals surface area contributed by atoms with Crippen molar-refractivity contribution in [2.45, 2.75) is 18.9 Å². The summed E-state index contributed by atoms with van der Waals surface area (Å²) in [6.45, 7) is 0. The molecule has 0 radical (unpaired) electrons. The molecule has 1 aliphatic heterocycles. The molecule has 5 heteroatoms. The van der Waals surface area contributed by atoms with Crippen LogP contribution in [0.1, 0.15) is 23.2 Å². The van der Waals surface area contributed by atoms with E-state index in [4.69, 9.17) is 4.74 Å². The lowest BCUT2D eigenvalue weighted by atomic mass is 10.1. The molecule has 1 N–H and O–H groups in total. The number of amides is 1. The zero-order valence-corrected chi connectivity index (χ0v) is 9.93. The van der Waals surface area contributed by atoms with E-state index in [1.807, 2.05) is 0 Å². The average molecular weight is 247 g/mol. The Morgan fingerprint density at radius 3 is 2.89 bits per heavy atom. The van der Waals surface area contributed by atoms with Gasteiger partial charge < -0.3 is 14.8 Å². The van der Waals surface area contributed by atoms with Gasteiger partial charge >= 0.3 is 5.97 Å². The highest BCUT2D eigenvalue weighted by Gasteiger charge is 2.40. The van der Waals surface area contributed by atoms with Crippen molar-refractivity contribution in [2.24, 2.45) is 5.92 Å². The van der Waals surface area contributed by atoms with E-state index < -0.39 is 5.97 Å². The minimum Gasteiger partial charge on any atom is -0.478 e. The zero-order chi connectivity index (χ0) is 12.7. The molecule has 1 amide bonds. The highest BCUT2D eigenvalue weighted by Crippen LogP contribution is 2.40. The van der Waals surface area contributed by atoms with E-state index in [1.165, 1.54) is 7.11 Å². The Balaban J connectivity index is 1.89. The van der Waals surface area contributed by atoms with Gasteiger partial charge in [-0.2, -0.15) is 0 Å². The first-order valence-corrected chi connectivity index (χ1v) is 5.89. The Labute approximate surface area is 104 Å². The molecular formula is C13H13NO4. The Kier molecular flexibility index (Phi) is 2.47. The Hall–Kier alpha value is -2.04. The van der Waals surface area contributed by atoms with Crippen molar-refractivity contribution in [1.29, 1.82) is 0 Å². The van der Waals surface area contributed by atoms with E-state index >= 15 is 0 Å². The number of ether oxygens (including phenoxy) is 2. The maximum Gasteiger partial charge on any atom is 0.337 e. The van der Waals surface area contributed by atoms with E-state index in [0.29, 0.717) is 22.9 Å². The van der Waals surface area contributed by atoms with Crippen molar-refractivity contribution in [3.8, 4) is 5.75 Å². The first-order chi connectivity index (χ1) is 8.69. The number of hydrogen-bond acceptors (Lipinski definition) is 4. The van der Waals surface area contributed by atoms with Crippen LogP contribution in [0.5, 0.6) is 5.75 Å². The van der Waals surface area contributed by atoms with Crippen LogP contribution in [-0.2, 0) is 9.53 Å². The van der Waals surface area contributed by atoms with Crippen molar-refractivity contribution in [1.82, 2.24) is 0 Å². The van der Waals surface area contributed by atoms with Gasteiger partial charge in [-0.3, -0.25) is 4.79 Å². The number of rotatable bonds is 2. The second-order valence-corrected chi connectivity index (χ2v) is 4.57. The van der Waals surface area contributed by atoms with Crippen LogP contribution in [0.2, 0.25) is 0 Å². The first kappa shape index (κ1) is 11.1. The minimum absolute atomic E-state index is 0.132. The minimum atomic E-state index is -0.434. The van der Waals surface area contributed by atoms with Gasteiger partial charge in [-0.25, -0.2) is 4.79 Å². The molecule has 1 saturated carbocycles. The van der Waals surface area contributed by atoms with Crippen LogP contribution >= 0.6 is 0 Å². The summed E-state index contributed by atoms with van der Waals surface area (Å²) in [6.07, 6.45) is 1.68. The summed E-state index contributed by atoms with van der Waals surface area (Å²) in [4.78, 5) is 23.2. The molecule has 2 aliphatic rings. The lowest BCUT2D eigenvalue weighted by Crippen LogP contribution is -2.38. The predicted molar refractivity (Wildman–Crippen MR) is 63.6 cm³/mol. The standard InChI is InChI=1S/C13H13NO4/c1-17-13(16)8-4-5-10-9(6-8)14-12(15)11(18-10)7-2-3-7/h4-7,11H,2-3H2,1H3,(H,14,15). The SMILES string of the molecule is COC(=O)c1ccc2c(c1)NC(=O)C(C1CC1)O2. The molecule has 0 spiro atoms. The molecule has 18 heavy (non-hydrogen) atoms. The number of esters is 1. The van der Waals surface area contributed by atoms with E-state index in [-0.39, 0.29) is 12.0 Å². The quantitative estimate of drug-likeness (QED) is 0.806. The highest BCUT2D eigenvalue weighted by molar-refractivity contribution is 6.00. The summed E-state index contributed by atoms with van der Waals surface area (Å²) < 4.78 is 10.3. The molecule has 94 valence electrons. The van der Waals surface area contributed by atoms with Crippen LogP contribution in [0, 0.1) is 5.92 Å². The number of carbonyl (C=O) groups is 2. The summed E-state index contributed by atoms with van der Waals surface area (Å²) in [6, 6.07) is 4.89. The van der Waals surface area contributed by atoms with Gasteiger partial charge in [-0.15, -0.1) is 0 Å². The van der Waals surface area contributed by atoms with E-state index in [1.54, 1.807) is 18.2 Å². The maximum absolute atomic E-state index is 11.8. The molecule has 1 aromatic carbocycles. The van der Waals surface area contributed by atoms with Gasteiger partial charge in [0.15, 0.2) is 6.10 Å². The molecule has 1 aliphatic carbocycles. The largest absolute Gasteiger partial charge is 0.478 e. The Morgan fingerprint density at radius 2 is 2.22 bits per heavy atom. The maximum atomic E-state index is 11.8. The molecule has 1 heterocycles. The third-order valence-corrected chi connectivity index (χ3v) is 3.22. The lowest BCUT2D eigenvalue weighted by molar-refractivity contribution is -0.124. The molecule has 0 saturated heterocycles. The predicted octanol–water partition coefficient (Wildman–Crippen LogP) is 1.58. The van der Waals surface area contributed by atoms with Crippen LogP contribution in [-0.4, -0.2) is 25.1 Å². The van der Waals surface area contributed by atoms with Gasteiger partial charge in [-0.05, 0) is 31.0 Å². The van der Waals surface area contributed by atoms with Crippen LogP contribution < -0.4 is 10.1 Å². The topological polar surface area (TPSA) is 64.6 Å². The first-order valence-electron chi connectivity index (χ1n) is 5.89. The normalized spacial score (nSPS) is 21.6. The van der Waals surface area contributed by atoms with Crippen LogP contribution in [0.3, 0.4) is 0 Å². The molecule has 1 atom stereocenters. The van der Waals surface area contributed by atoms with Gasteiger partial charge in [0.1, 0.15) is 5.75 Å².